The van der Waals surface area contributed by atoms with Gasteiger partial charge in [-0.25, -0.2) is 9.37 Å². The first kappa shape index (κ1) is 15.4. The maximum Gasteiger partial charge on any atom is 0.239 e. The third-order valence-corrected chi connectivity index (χ3v) is 3.36. The van der Waals surface area contributed by atoms with Crippen molar-refractivity contribution in [3.63, 3.8) is 0 Å². The highest BCUT2D eigenvalue weighted by molar-refractivity contribution is 7.14. The lowest BCUT2D eigenvalue weighted by atomic mass is 10.1. The third kappa shape index (κ3) is 4.82. The zero-order chi connectivity index (χ0) is 15.5. The van der Waals surface area contributed by atoms with E-state index in [9.17, 15) is 9.18 Å². The molecule has 1 aromatic heterocycles. The number of hydrogen-bond donors (Lipinski definition) is 2. The molecule has 0 fully saturated rings. The van der Waals surface area contributed by atoms with E-state index in [1.807, 2.05) is 26.2 Å². The normalized spacial score (nSPS) is 11.2. The van der Waals surface area contributed by atoms with Crippen LogP contribution in [-0.4, -0.2) is 23.0 Å². The van der Waals surface area contributed by atoms with E-state index in [2.05, 4.69) is 15.6 Å². The molecule has 0 radical (unpaired) electrons. The molecule has 0 saturated heterocycles. The molecule has 0 aliphatic carbocycles. The van der Waals surface area contributed by atoms with Crippen molar-refractivity contribution in [2.24, 2.45) is 0 Å². The summed E-state index contributed by atoms with van der Waals surface area (Å²) in [6.45, 7) is 5.97. The van der Waals surface area contributed by atoms with Crippen molar-refractivity contribution in [3.8, 4) is 11.3 Å². The summed E-state index contributed by atoms with van der Waals surface area (Å²) in [5.41, 5.74) is 1.36. The lowest BCUT2D eigenvalue weighted by molar-refractivity contribution is -0.120. The number of nitrogens with one attached hydrogen (secondary N) is 2. The van der Waals surface area contributed by atoms with Gasteiger partial charge in [0.1, 0.15) is 5.82 Å². The van der Waals surface area contributed by atoms with E-state index in [0.717, 1.165) is 11.3 Å². The Bertz CT molecular complexity index is 617. The minimum absolute atomic E-state index is 0.0824. The highest BCUT2D eigenvalue weighted by Gasteiger charge is 2.13. The maximum atomic E-state index is 12.9. The van der Waals surface area contributed by atoms with Gasteiger partial charge in [-0.05, 0) is 45.0 Å². The minimum atomic E-state index is -0.272. The molecular formula is C15H18FN3OS. The Kier molecular flexibility index (Phi) is 4.57. The zero-order valence-electron chi connectivity index (χ0n) is 12.2. The molecule has 0 unspecified atom stereocenters. The van der Waals surface area contributed by atoms with E-state index in [1.54, 1.807) is 12.1 Å². The first-order valence-electron chi connectivity index (χ1n) is 6.60. The Morgan fingerprint density at radius 3 is 2.57 bits per heavy atom. The average molecular weight is 307 g/mol. The van der Waals surface area contributed by atoms with Gasteiger partial charge in [0, 0.05) is 16.5 Å². The number of benzene rings is 1. The molecule has 0 saturated carbocycles. The Morgan fingerprint density at radius 1 is 1.29 bits per heavy atom. The molecule has 0 atom stereocenters. The second-order valence-corrected chi connectivity index (χ2v) is 6.55. The van der Waals surface area contributed by atoms with Crippen LogP contribution in [0.4, 0.5) is 9.52 Å². The van der Waals surface area contributed by atoms with Gasteiger partial charge in [0.25, 0.3) is 0 Å². The summed E-state index contributed by atoms with van der Waals surface area (Å²) in [6, 6.07) is 6.16. The number of halogens is 1. The number of hydrogen-bond acceptors (Lipinski definition) is 4. The molecule has 1 amide bonds. The molecule has 1 aromatic carbocycles. The van der Waals surface area contributed by atoms with E-state index >= 15 is 0 Å². The summed E-state index contributed by atoms with van der Waals surface area (Å²) < 4.78 is 12.9. The van der Waals surface area contributed by atoms with Crippen LogP contribution in [0.25, 0.3) is 11.3 Å². The van der Waals surface area contributed by atoms with Gasteiger partial charge in [0.05, 0.1) is 12.2 Å². The number of rotatable bonds is 4. The van der Waals surface area contributed by atoms with Crippen LogP contribution in [0.15, 0.2) is 29.6 Å². The van der Waals surface area contributed by atoms with E-state index in [-0.39, 0.29) is 23.8 Å². The number of carbonyl (C=O) groups excluding carboxylic acids is 1. The van der Waals surface area contributed by atoms with Crippen molar-refractivity contribution >= 4 is 22.4 Å². The fourth-order valence-corrected chi connectivity index (χ4v) is 2.45. The standard InChI is InChI=1S/C15H18FN3OS/c1-15(2,3)19-13(20)8-17-14-18-12(9-21-14)10-4-6-11(16)7-5-10/h4-7,9H,8H2,1-3H3,(H,17,18)(H,19,20). The monoisotopic (exact) mass is 307 g/mol. The summed E-state index contributed by atoms with van der Waals surface area (Å²) >= 11 is 1.41. The molecule has 2 N–H and O–H groups in total. The predicted molar refractivity (Wildman–Crippen MR) is 83.9 cm³/mol. The van der Waals surface area contributed by atoms with Crippen LogP contribution in [0.1, 0.15) is 20.8 Å². The molecule has 21 heavy (non-hydrogen) atoms. The van der Waals surface area contributed by atoms with Crippen LogP contribution >= 0.6 is 11.3 Å². The van der Waals surface area contributed by atoms with E-state index in [4.69, 9.17) is 0 Å². The fourth-order valence-electron chi connectivity index (χ4n) is 1.73. The van der Waals surface area contributed by atoms with Crippen LogP contribution in [0.2, 0.25) is 0 Å². The quantitative estimate of drug-likeness (QED) is 0.911. The summed E-state index contributed by atoms with van der Waals surface area (Å²) in [5, 5.41) is 8.40. The molecule has 2 aromatic rings. The predicted octanol–water partition coefficient (Wildman–Crippen LogP) is 3.28. The van der Waals surface area contributed by atoms with Gasteiger partial charge < -0.3 is 10.6 Å². The average Bonchev–Trinajstić information content (AvgIpc) is 2.84. The van der Waals surface area contributed by atoms with Crippen LogP contribution in [-0.2, 0) is 4.79 Å². The summed E-state index contributed by atoms with van der Waals surface area (Å²) in [5.74, 6) is -0.354. The van der Waals surface area contributed by atoms with Crippen LogP contribution in [0.5, 0.6) is 0 Å². The lowest BCUT2D eigenvalue weighted by Crippen LogP contribution is -2.43. The van der Waals surface area contributed by atoms with Gasteiger partial charge in [-0.3, -0.25) is 4.79 Å². The molecule has 0 spiro atoms. The fraction of sp³-hybridized carbons (Fsp3) is 0.333. The van der Waals surface area contributed by atoms with Gasteiger partial charge in [-0.2, -0.15) is 0 Å². The van der Waals surface area contributed by atoms with E-state index in [0.29, 0.717) is 5.13 Å². The molecule has 0 aliphatic heterocycles. The van der Waals surface area contributed by atoms with Gasteiger partial charge in [0.15, 0.2) is 5.13 Å². The topological polar surface area (TPSA) is 54.0 Å². The second-order valence-electron chi connectivity index (χ2n) is 5.70. The largest absolute Gasteiger partial charge is 0.352 e. The molecule has 4 nitrogen and oxygen atoms in total. The number of amides is 1. The zero-order valence-corrected chi connectivity index (χ0v) is 13.1. The third-order valence-electron chi connectivity index (χ3n) is 2.56. The highest BCUT2D eigenvalue weighted by atomic mass is 32.1. The Hall–Kier alpha value is -1.95. The number of aromatic nitrogens is 1. The van der Waals surface area contributed by atoms with Crippen molar-refractivity contribution in [2.45, 2.75) is 26.3 Å². The molecule has 0 aliphatic rings. The van der Waals surface area contributed by atoms with Gasteiger partial charge >= 0.3 is 0 Å². The number of nitrogens with zero attached hydrogens (tertiary/aromatic N) is 1. The lowest BCUT2D eigenvalue weighted by Gasteiger charge is -2.20. The van der Waals surface area contributed by atoms with Crippen molar-refractivity contribution in [1.82, 2.24) is 10.3 Å². The maximum absolute atomic E-state index is 12.9. The second kappa shape index (κ2) is 6.22. The van der Waals surface area contributed by atoms with E-state index < -0.39 is 0 Å². The van der Waals surface area contributed by atoms with E-state index in [1.165, 1.54) is 23.5 Å². The molecular weight excluding hydrogens is 289 g/mol. The molecule has 2 rings (SSSR count). The van der Waals surface area contributed by atoms with Crippen LogP contribution in [0.3, 0.4) is 0 Å². The van der Waals surface area contributed by atoms with Crippen molar-refractivity contribution in [2.75, 3.05) is 11.9 Å². The van der Waals surface area contributed by atoms with Crippen molar-refractivity contribution in [3.05, 3.63) is 35.5 Å². The Labute approximate surface area is 127 Å². The molecule has 0 bridgehead atoms. The Morgan fingerprint density at radius 2 is 1.95 bits per heavy atom. The Balaban J connectivity index is 1.94. The summed E-state index contributed by atoms with van der Waals surface area (Å²) in [7, 11) is 0. The summed E-state index contributed by atoms with van der Waals surface area (Å²) in [6.07, 6.45) is 0. The highest BCUT2D eigenvalue weighted by Crippen LogP contribution is 2.24. The molecule has 6 heteroatoms. The number of carbonyl (C=O) groups is 1. The molecule has 1 heterocycles. The SMILES string of the molecule is CC(C)(C)NC(=O)CNc1nc(-c2ccc(F)cc2)cs1. The first-order valence-corrected chi connectivity index (χ1v) is 7.48. The van der Waals surface area contributed by atoms with Gasteiger partial charge in [-0.15, -0.1) is 11.3 Å². The van der Waals surface area contributed by atoms with Crippen molar-refractivity contribution < 1.29 is 9.18 Å². The summed E-state index contributed by atoms with van der Waals surface area (Å²) in [4.78, 5) is 16.1. The smallest absolute Gasteiger partial charge is 0.239 e. The number of thiazole rings is 1. The van der Waals surface area contributed by atoms with Crippen molar-refractivity contribution in [1.29, 1.82) is 0 Å². The van der Waals surface area contributed by atoms with Crippen LogP contribution < -0.4 is 10.6 Å². The molecule has 112 valence electrons. The minimum Gasteiger partial charge on any atom is -0.352 e. The number of anilines is 1. The van der Waals surface area contributed by atoms with Crippen LogP contribution in [0, 0.1) is 5.82 Å². The van der Waals surface area contributed by atoms with Gasteiger partial charge in [0.2, 0.25) is 5.91 Å². The van der Waals surface area contributed by atoms with Gasteiger partial charge in [-0.1, -0.05) is 0 Å². The first-order chi connectivity index (χ1) is 9.83.